The first-order valence-electron chi connectivity index (χ1n) is 6.03. The zero-order chi connectivity index (χ0) is 16.0. The highest BCUT2D eigenvalue weighted by Crippen LogP contribution is 2.25. The lowest BCUT2D eigenvalue weighted by Gasteiger charge is -2.08. The Bertz CT molecular complexity index is 552. The van der Waals surface area contributed by atoms with Gasteiger partial charge in [-0.05, 0) is 24.6 Å². The van der Waals surface area contributed by atoms with E-state index in [1.807, 2.05) is 0 Å². The van der Waals surface area contributed by atoms with E-state index >= 15 is 0 Å². The van der Waals surface area contributed by atoms with Crippen LogP contribution in [0.2, 0.25) is 10.0 Å². The molecule has 1 rings (SSSR count). The second-order valence-electron chi connectivity index (χ2n) is 4.24. The van der Waals surface area contributed by atoms with Crippen molar-refractivity contribution in [2.75, 3.05) is 13.1 Å². The normalized spacial score (nSPS) is 10.0. The van der Waals surface area contributed by atoms with E-state index in [0.29, 0.717) is 21.2 Å². The van der Waals surface area contributed by atoms with Crippen molar-refractivity contribution >= 4 is 41.0 Å². The molecule has 6 nitrogen and oxygen atoms in total. The standard InChI is InChI=1S/C13H14Cl2N2O4/c1-7-9(14)4-8(5-10(7)15)13(21)16-3-2-11(18)17-6-12(19)20/h4-5H,2-3,6H2,1H3,(H,16,21)(H,17,18)(H,19,20). The van der Waals surface area contributed by atoms with Gasteiger partial charge < -0.3 is 15.7 Å². The predicted octanol–water partition coefficient (Wildman–Crippen LogP) is 1.62. The van der Waals surface area contributed by atoms with Crippen LogP contribution in [-0.4, -0.2) is 36.0 Å². The summed E-state index contributed by atoms with van der Waals surface area (Å²) in [6.07, 6.45) is -0.0215. The first kappa shape index (κ1) is 17.3. The van der Waals surface area contributed by atoms with E-state index < -0.39 is 24.3 Å². The number of hydrogen-bond acceptors (Lipinski definition) is 3. The van der Waals surface area contributed by atoms with Crippen LogP contribution in [0.25, 0.3) is 0 Å². The molecule has 21 heavy (non-hydrogen) atoms. The lowest BCUT2D eigenvalue weighted by molar-refractivity contribution is -0.137. The second kappa shape index (κ2) is 7.85. The summed E-state index contributed by atoms with van der Waals surface area (Å²) in [5, 5.41) is 13.9. The summed E-state index contributed by atoms with van der Waals surface area (Å²) in [4.78, 5) is 33.4. The number of carbonyl (C=O) groups is 3. The van der Waals surface area contributed by atoms with E-state index in [1.165, 1.54) is 12.1 Å². The molecular formula is C13H14Cl2N2O4. The predicted molar refractivity (Wildman–Crippen MR) is 78.8 cm³/mol. The number of hydrogen-bond donors (Lipinski definition) is 3. The third-order valence-corrected chi connectivity index (χ3v) is 3.40. The van der Waals surface area contributed by atoms with Crippen molar-refractivity contribution in [3.05, 3.63) is 33.3 Å². The first-order chi connectivity index (χ1) is 9.81. The third kappa shape index (κ3) is 5.61. The topological polar surface area (TPSA) is 95.5 Å². The Morgan fingerprint density at radius 1 is 1.14 bits per heavy atom. The molecule has 0 spiro atoms. The Labute approximate surface area is 131 Å². The molecule has 1 aromatic carbocycles. The van der Waals surface area contributed by atoms with Gasteiger partial charge in [-0.15, -0.1) is 0 Å². The minimum absolute atomic E-state index is 0.0215. The van der Waals surface area contributed by atoms with Crippen molar-refractivity contribution < 1.29 is 19.5 Å². The maximum absolute atomic E-state index is 11.9. The molecule has 0 aliphatic rings. The average Bonchev–Trinajstić information content (AvgIpc) is 2.41. The van der Waals surface area contributed by atoms with Gasteiger partial charge in [0.05, 0.1) is 0 Å². The van der Waals surface area contributed by atoms with Crippen molar-refractivity contribution in [1.29, 1.82) is 0 Å². The Morgan fingerprint density at radius 2 is 1.71 bits per heavy atom. The van der Waals surface area contributed by atoms with Crippen LogP contribution in [0.1, 0.15) is 22.3 Å². The molecule has 3 N–H and O–H groups in total. The molecule has 0 fully saturated rings. The number of carboxylic acids is 1. The summed E-state index contributed by atoms with van der Waals surface area (Å²) < 4.78 is 0. The molecule has 0 atom stereocenters. The molecule has 0 aliphatic carbocycles. The number of benzene rings is 1. The highest BCUT2D eigenvalue weighted by Gasteiger charge is 2.11. The van der Waals surface area contributed by atoms with E-state index in [2.05, 4.69) is 10.6 Å². The monoisotopic (exact) mass is 332 g/mol. The fourth-order valence-electron chi connectivity index (χ4n) is 1.43. The number of carboxylic acid groups (broad SMARTS) is 1. The van der Waals surface area contributed by atoms with Gasteiger partial charge >= 0.3 is 5.97 Å². The highest BCUT2D eigenvalue weighted by molar-refractivity contribution is 6.36. The fraction of sp³-hybridized carbons (Fsp3) is 0.308. The fourth-order valence-corrected chi connectivity index (χ4v) is 1.92. The van der Waals surface area contributed by atoms with Crippen LogP contribution in [-0.2, 0) is 9.59 Å². The molecule has 1 aromatic rings. The van der Waals surface area contributed by atoms with Gasteiger partial charge in [0.2, 0.25) is 5.91 Å². The smallest absolute Gasteiger partial charge is 0.322 e. The second-order valence-corrected chi connectivity index (χ2v) is 5.06. The van der Waals surface area contributed by atoms with Gasteiger partial charge in [0.25, 0.3) is 5.91 Å². The molecule has 0 unspecified atom stereocenters. The zero-order valence-electron chi connectivity index (χ0n) is 11.2. The molecule has 0 bridgehead atoms. The number of rotatable bonds is 6. The summed E-state index contributed by atoms with van der Waals surface area (Å²) in [5.41, 5.74) is 0.976. The molecule has 0 heterocycles. The van der Waals surface area contributed by atoms with Gasteiger partial charge in [0, 0.05) is 28.6 Å². The SMILES string of the molecule is Cc1c(Cl)cc(C(=O)NCCC(=O)NCC(=O)O)cc1Cl. The molecule has 0 saturated heterocycles. The summed E-state index contributed by atoms with van der Waals surface area (Å²) in [6, 6.07) is 2.98. The lowest BCUT2D eigenvalue weighted by Crippen LogP contribution is -2.33. The average molecular weight is 333 g/mol. The Morgan fingerprint density at radius 3 is 2.24 bits per heavy atom. The quantitative estimate of drug-likeness (QED) is 0.737. The first-order valence-corrected chi connectivity index (χ1v) is 6.79. The number of halogens is 2. The number of carbonyl (C=O) groups excluding carboxylic acids is 2. The maximum Gasteiger partial charge on any atom is 0.322 e. The summed E-state index contributed by atoms with van der Waals surface area (Å²) in [5.74, 6) is -2.00. The molecule has 0 aromatic heterocycles. The largest absolute Gasteiger partial charge is 0.480 e. The Hall–Kier alpha value is -1.79. The molecule has 0 radical (unpaired) electrons. The summed E-state index contributed by atoms with van der Waals surface area (Å²) >= 11 is 11.9. The lowest BCUT2D eigenvalue weighted by atomic mass is 10.1. The van der Waals surface area contributed by atoms with E-state index in [4.69, 9.17) is 28.3 Å². The minimum atomic E-state index is -1.13. The Kier molecular flexibility index (Phi) is 6.45. The number of amides is 2. The van der Waals surface area contributed by atoms with E-state index in [1.54, 1.807) is 6.92 Å². The number of aliphatic carboxylic acids is 1. The molecule has 8 heteroatoms. The van der Waals surface area contributed by atoms with Crippen LogP contribution in [0.4, 0.5) is 0 Å². The molecule has 114 valence electrons. The minimum Gasteiger partial charge on any atom is -0.480 e. The van der Waals surface area contributed by atoms with Crippen LogP contribution in [0, 0.1) is 6.92 Å². The molecular weight excluding hydrogens is 319 g/mol. The van der Waals surface area contributed by atoms with Crippen LogP contribution in [0.15, 0.2) is 12.1 Å². The van der Waals surface area contributed by atoms with Gasteiger partial charge in [-0.3, -0.25) is 14.4 Å². The summed E-state index contributed by atoms with van der Waals surface area (Å²) in [6.45, 7) is 1.36. The van der Waals surface area contributed by atoms with Crippen molar-refractivity contribution in [1.82, 2.24) is 10.6 Å². The van der Waals surface area contributed by atoms with Crippen LogP contribution >= 0.6 is 23.2 Å². The summed E-state index contributed by atoms with van der Waals surface area (Å²) in [7, 11) is 0. The zero-order valence-corrected chi connectivity index (χ0v) is 12.7. The Balaban J connectivity index is 2.48. The van der Waals surface area contributed by atoms with Gasteiger partial charge in [0.15, 0.2) is 0 Å². The van der Waals surface area contributed by atoms with Crippen LogP contribution < -0.4 is 10.6 Å². The third-order valence-electron chi connectivity index (χ3n) is 2.62. The molecule has 0 saturated carbocycles. The van der Waals surface area contributed by atoms with E-state index in [-0.39, 0.29) is 13.0 Å². The van der Waals surface area contributed by atoms with Crippen molar-refractivity contribution in [2.24, 2.45) is 0 Å². The van der Waals surface area contributed by atoms with Gasteiger partial charge in [-0.25, -0.2) is 0 Å². The number of nitrogens with one attached hydrogen (secondary N) is 2. The van der Waals surface area contributed by atoms with E-state index in [0.717, 1.165) is 0 Å². The van der Waals surface area contributed by atoms with Crippen LogP contribution in [0.5, 0.6) is 0 Å². The van der Waals surface area contributed by atoms with Gasteiger partial charge in [-0.2, -0.15) is 0 Å². The van der Waals surface area contributed by atoms with Crippen LogP contribution in [0.3, 0.4) is 0 Å². The maximum atomic E-state index is 11.9. The van der Waals surface area contributed by atoms with Crippen molar-refractivity contribution in [3.8, 4) is 0 Å². The molecule has 2 amide bonds. The van der Waals surface area contributed by atoms with Crippen molar-refractivity contribution in [2.45, 2.75) is 13.3 Å². The van der Waals surface area contributed by atoms with E-state index in [9.17, 15) is 14.4 Å². The highest BCUT2D eigenvalue weighted by atomic mass is 35.5. The molecule has 0 aliphatic heterocycles. The van der Waals surface area contributed by atoms with Gasteiger partial charge in [-0.1, -0.05) is 23.2 Å². The van der Waals surface area contributed by atoms with Crippen molar-refractivity contribution in [3.63, 3.8) is 0 Å². The van der Waals surface area contributed by atoms with Gasteiger partial charge in [0.1, 0.15) is 6.54 Å².